The van der Waals surface area contributed by atoms with Crippen molar-refractivity contribution >= 4 is 12.3 Å². The minimum absolute atomic E-state index is 0.167. The van der Waals surface area contributed by atoms with Crippen molar-refractivity contribution in [3.63, 3.8) is 0 Å². The zero-order valence-electron chi connectivity index (χ0n) is 8.85. The Morgan fingerprint density at radius 3 is 1.44 bits per heavy atom. The summed E-state index contributed by atoms with van der Waals surface area (Å²) in [6, 6.07) is 0. The van der Waals surface area contributed by atoms with Crippen LogP contribution in [0.2, 0.25) is 0 Å². The quantitative estimate of drug-likeness (QED) is 0.725. The van der Waals surface area contributed by atoms with Crippen molar-refractivity contribution < 1.29 is 38.1 Å². The van der Waals surface area contributed by atoms with Crippen LogP contribution >= 0.6 is 0 Å². The lowest BCUT2D eigenvalue weighted by atomic mass is 10.8. The molecule has 0 aliphatic heterocycles. The monoisotopic (exact) mass is 244 g/mol. The second-order valence-electron chi connectivity index (χ2n) is 1.65. The van der Waals surface area contributed by atoms with Crippen molar-refractivity contribution in [1.29, 1.82) is 0 Å². The summed E-state index contributed by atoms with van der Waals surface area (Å²) in [5.41, 5.74) is 0. The van der Waals surface area contributed by atoms with E-state index in [0.717, 1.165) is 0 Å². The highest BCUT2D eigenvalue weighted by molar-refractivity contribution is 5.59. The Balaban J connectivity index is -0.000000179. The van der Waals surface area contributed by atoms with E-state index in [1.807, 2.05) is 0 Å². The number of carboxylic acid groups (broad SMARTS) is 2. The van der Waals surface area contributed by atoms with Gasteiger partial charge in [-0.2, -0.15) is 0 Å². The molecule has 0 rings (SSSR count). The Hall–Kier alpha value is -1.86. The average Bonchev–Trinajstić information content (AvgIpc) is 2.18. The van der Waals surface area contributed by atoms with Gasteiger partial charge in [0.25, 0.3) is 0 Å². The molecular formula is C8H14F2O6. The van der Waals surface area contributed by atoms with Gasteiger partial charge < -0.3 is 19.7 Å². The Morgan fingerprint density at radius 1 is 1.06 bits per heavy atom. The van der Waals surface area contributed by atoms with Gasteiger partial charge in [-0.3, -0.25) is 0 Å². The zero-order valence-corrected chi connectivity index (χ0v) is 8.85. The molecule has 0 bridgehead atoms. The maximum absolute atomic E-state index is 10.2. The number of halogens is 2. The summed E-state index contributed by atoms with van der Waals surface area (Å²) in [5, 5.41) is 13.9. The third-order valence-electron chi connectivity index (χ3n) is 0.572. The summed E-state index contributed by atoms with van der Waals surface area (Å²) in [6.07, 6.45) is -2.75. The fraction of sp³-hybridized carbons (Fsp3) is 0.500. The number of carbonyl (C=O) groups is 2. The minimum atomic E-state index is -1.83. The van der Waals surface area contributed by atoms with Crippen molar-refractivity contribution in [3.8, 4) is 0 Å². The second-order valence-corrected chi connectivity index (χ2v) is 1.65. The van der Waals surface area contributed by atoms with Gasteiger partial charge in [0.05, 0.1) is 13.2 Å². The standard InChI is InChI=1S/C5H10O3.C2H2F2.CH2O3/c1-3-7-5(6)8-4-2;3-1-2-4;2-1(3)4/h3-4H2,1-2H3;1-2H;(H2,2,3,4). The van der Waals surface area contributed by atoms with Gasteiger partial charge in [0.15, 0.2) is 0 Å². The molecule has 8 heteroatoms. The van der Waals surface area contributed by atoms with Crippen molar-refractivity contribution in [2.24, 2.45) is 0 Å². The number of ether oxygens (including phenoxy) is 2. The second kappa shape index (κ2) is 18.8. The highest BCUT2D eigenvalue weighted by Crippen LogP contribution is 1.81. The zero-order chi connectivity index (χ0) is 13.4. The molecule has 0 amide bonds. The molecule has 0 radical (unpaired) electrons. The molecule has 0 aromatic rings. The Labute approximate surface area is 91.1 Å². The van der Waals surface area contributed by atoms with Crippen LogP contribution in [0.4, 0.5) is 18.4 Å². The SMILES string of the molecule is CCOC(=O)OCC.FC=CF.O=C(O)O. The van der Waals surface area contributed by atoms with Crippen LogP contribution in [0.25, 0.3) is 0 Å². The molecule has 0 aliphatic carbocycles. The van der Waals surface area contributed by atoms with Gasteiger partial charge in [0, 0.05) is 0 Å². The number of hydrogen-bond acceptors (Lipinski definition) is 4. The van der Waals surface area contributed by atoms with Crippen LogP contribution in [-0.2, 0) is 9.47 Å². The van der Waals surface area contributed by atoms with E-state index in [1.165, 1.54) is 0 Å². The molecule has 0 saturated carbocycles. The smallest absolute Gasteiger partial charge is 0.450 e. The highest BCUT2D eigenvalue weighted by Gasteiger charge is 1.96. The van der Waals surface area contributed by atoms with Gasteiger partial charge in [-0.05, 0) is 13.8 Å². The molecule has 0 heterocycles. The van der Waals surface area contributed by atoms with E-state index in [9.17, 15) is 13.6 Å². The summed E-state index contributed by atoms with van der Waals surface area (Å²) < 4.78 is 29.2. The van der Waals surface area contributed by atoms with Gasteiger partial charge in [-0.1, -0.05) is 0 Å². The molecule has 0 spiro atoms. The van der Waals surface area contributed by atoms with Gasteiger partial charge in [-0.25, -0.2) is 18.4 Å². The van der Waals surface area contributed by atoms with Gasteiger partial charge >= 0.3 is 12.3 Å². The van der Waals surface area contributed by atoms with Crippen LogP contribution < -0.4 is 0 Å². The summed E-state index contributed by atoms with van der Waals surface area (Å²) in [6.45, 7) is 4.21. The molecule has 0 aromatic carbocycles. The lowest BCUT2D eigenvalue weighted by Crippen LogP contribution is -2.05. The van der Waals surface area contributed by atoms with Crippen LogP contribution in [0, 0.1) is 0 Å². The van der Waals surface area contributed by atoms with Gasteiger partial charge in [-0.15, -0.1) is 0 Å². The lowest BCUT2D eigenvalue weighted by Gasteiger charge is -1.98. The third-order valence-corrected chi connectivity index (χ3v) is 0.572. The lowest BCUT2D eigenvalue weighted by molar-refractivity contribution is 0.0630. The largest absolute Gasteiger partial charge is 0.508 e. The van der Waals surface area contributed by atoms with E-state index in [-0.39, 0.29) is 12.7 Å². The number of hydrogen-bond donors (Lipinski definition) is 2. The fourth-order valence-corrected chi connectivity index (χ4v) is 0.277. The Morgan fingerprint density at radius 2 is 1.31 bits per heavy atom. The molecule has 2 N–H and O–H groups in total. The summed E-state index contributed by atoms with van der Waals surface area (Å²) >= 11 is 0. The van der Waals surface area contributed by atoms with E-state index >= 15 is 0 Å². The van der Waals surface area contributed by atoms with Crippen LogP contribution in [0.3, 0.4) is 0 Å². The predicted molar refractivity (Wildman–Crippen MR) is 50.7 cm³/mol. The molecule has 0 fully saturated rings. The molecule has 0 aromatic heterocycles. The maximum atomic E-state index is 10.2. The van der Waals surface area contributed by atoms with Crippen molar-refractivity contribution in [3.05, 3.63) is 12.7 Å². The minimum Gasteiger partial charge on any atom is -0.450 e. The summed E-state index contributed by atoms with van der Waals surface area (Å²) in [5.74, 6) is 0. The first-order chi connectivity index (χ1) is 7.45. The van der Waals surface area contributed by atoms with E-state index in [1.54, 1.807) is 13.8 Å². The first-order valence-electron chi connectivity index (χ1n) is 4.03. The van der Waals surface area contributed by atoms with Crippen LogP contribution in [0.5, 0.6) is 0 Å². The topological polar surface area (TPSA) is 93.1 Å². The summed E-state index contributed by atoms with van der Waals surface area (Å²) in [4.78, 5) is 18.8. The summed E-state index contributed by atoms with van der Waals surface area (Å²) in [7, 11) is 0. The third kappa shape index (κ3) is 57.0. The molecule has 16 heavy (non-hydrogen) atoms. The molecule has 0 atom stereocenters. The molecule has 96 valence electrons. The Kier molecular flexibility index (Phi) is 23.2. The van der Waals surface area contributed by atoms with Gasteiger partial charge in [0.1, 0.15) is 12.7 Å². The molecule has 0 aliphatic rings. The van der Waals surface area contributed by atoms with Crippen molar-refractivity contribution in [2.45, 2.75) is 13.8 Å². The van der Waals surface area contributed by atoms with Crippen LogP contribution in [0.15, 0.2) is 12.7 Å². The van der Waals surface area contributed by atoms with Crippen LogP contribution in [0.1, 0.15) is 13.8 Å². The van der Waals surface area contributed by atoms with E-state index < -0.39 is 12.3 Å². The normalized spacial score (nSPS) is 8.00. The highest BCUT2D eigenvalue weighted by atomic mass is 19.2. The maximum Gasteiger partial charge on any atom is 0.508 e. The van der Waals surface area contributed by atoms with Crippen LogP contribution in [-0.4, -0.2) is 35.7 Å². The van der Waals surface area contributed by atoms with E-state index in [4.69, 9.17) is 15.0 Å². The molecule has 0 unspecified atom stereocenters. The number of carbonyl (C=O) groups excluding carboxylic acids is 1. The average molecular weight is 244 g/mol. The molecule has 6 nitrogen and oxygen atoms in total. The fourth-order valence-electron chi connectivity index (χ4n) is 0.277. The molecular weight excluding hydrogens is 230 g/mol. The first kappa shape index (κ1) is 19.7. The Bertz CT molecular complexity index is 179. The predicted octanol–water partition coefficient (Wildman–Crippen LogP) is 2.80. The van der Waals surface area contributed by atoms with E-state index in [2.05, 4.69) is 9.47 Å². The number of rotatable bonds is 2. The molecule has 0 saturated heterocycles. The first-order valence-corrected chi connectivity index (χ1v) is 4.03. The van der Waals surface area contributed by atoms with Crippen molar-refractivity contribution in [2.75, 3.05) is 13.2 Å². The van der Waals surface area contributed by atoms with Gasteiger partial charge in [0.2, 0.25) is 0 Å². The van der Waals surface area contributed by atoms with Crippen molar-refractivity contribution in [1.82, 2.24) is 0 Å². The van der Waals surface area contributed by atoms with E-state index in [0.29, 0.717) is 13.2 Å².